The fourth-order valence-electron chi connectivity index (χ4n) is 2.01. The summed E-state index contributed by atoms with van der Waals surface area (Å²) in [5, 5.41) is 2.25. The van der Waals surface area contributed by atoms with Crippen LogP contribution < -0.4 is 15.8 Å². The molecule has 1 aromatic rings. The van der Waals surface area contributed by atoms with Crippen LogP contribution in [0.4, 0.5) is 10.1 Å². The SMILES string of the molecule is CC(=O)Nc1cc(S(=O)(=O)NC(CN)CC(C)C)ccc1F. The quantitative estimate of drug-likeness (QED) is 0.703. The van der Waals surface area contributed by atoms with Crippen molar-refractivity contribution in [3.05, 3.63) is 24.0 Å². The van der Waals surface area contributed by atoms with Crippen LogP contribution >= 0.6 is 0 Å². The third kappa shape index (κ3) is 5.36. The third-order valence-electron chi connectivity index (χ3n) is 2.92. The molecule has 1 atom stereocenters. The summed E-state index contributed by atoms with van der Waals surface area (Å²) in [5.74, 6) is -0.910. The van der Waals surface area contributed by atoms with Crippen molar-refractivity contribution in [2.75, 3.05) is 11.9 Å². The number of amides is 1. The zero-order valence-corrected chi connectivity index (χ0v) is 13.7. The number of halogens is 1. The summed E-state index contributed by atoms with van der Waals surface area (Å²) in [7, 11) is -3.84. The van der Waals surface area contributed by atoms with Gasteiger partial charge in [-0.15, -0.1) is 0 Å². The van der Waals surface area contributed by atoms with Gasteiger partial charge >= 0.3 is 0 Å². The molecule has 0 fully saturated rings. The molecule has 1 aromatic carbocycles. The minimum Gasteiger partial charge on any atom is -0.329 e. The Morgan fingerprint density at radius 3 is 2.50 bits per heavy atom. The number of anilines is 1. The Kier molecular flexibility index (Phi) is 6.46. The fraction of sp³-hybridized carbons (Fsp3) is 0.500. The molecule has 1 rings (SSSR count). The Morgan fingerprint density at radius 2 is 2.00 bits per heavy atom. The molecule has 1 unspecified atom stereocenters. The van der Waals surface area contributed by atoms with E-state index in [1.807, 2.05) is 13.8 Å². The smallest absolute Gasteiger partial charge is 0.240 e. The van der Waals surface area contributed by atoms with Crippen LogP contribution in [-0.2, 0) is 14.8 Å². The van der Waals surface area contributed by atoms with Gasteiger partial charge in [0.2, 0.25) is 15.9 Å². The summed E-state index contributed by atoms with van der Waals surface area (Å²) in [4.78, 5) is 10.9. The van der Waals surface area contributed by atoms with Crippen molar-refractivity contribution in [2.24, 2.45) is 11.7 Å². The molecule has 0 heterocycles. The van der Waals surface area contributed by atoms with Gasteiger partial charge in [0, 0.05) is 19.5 Å². The van der Waals surface area contributed by atoms with Gasteiger partial charge in [-0.05, 0) is 30.5 Å². The van der Waals surface area contributed by atoms with Gasteiger partial charge in [0.25, 0.3) is 0 Å². The van der Waals surface area contributed by atoms with Gasteiger partial charge in [-0.25, -0.2) is 17.5 Å². The lowest BCUT2D eigenvalue weighted by Crippen LogP contribution is -2.41. The van der Waals surface area contributed by atoms with Crippen LogP contribution in [0.3, 0.4) is 0 Å². The molecule has 6 nitrogen and oxygen atoms in total. The highest BCUT2D eigenvalue weighted by Crippen LogP contribution is 2.20. The zero-order chi connectivity index (χ0) is 16.9. The van der Waals surface area contributed by atoms with Crippen molar-refractivity contribution >= 4 is 21.6 Å². The first-order chi connectivity index (χ1) is 10.2. The van der Waals surface area contributed by atoms with Crippen LogP contribution in [-0.4, -0.2) is 26.9 Å². The molecular weight excluding hydrogens is 309 g/mol. The van der Waals surface area contributed by atoms with Crippen LogP contribution in [0, 0.1) is 11.7 Å². The Bertz CT molecular complexity index is 632. The van der Waals surface area contributed by atoms with E-state index in [9.17, 15) is 17.6 Å². The molecule has 0 saturated heterocycles. The molecule has 8 heteroatoms. The summed E-state index contributed by atoms with van der Waals surface area (Å²) in [5.41, 5.74) is 5.41. The van der Waals surface area contributed by atoms with E-state index >= 15 is 0 Å². The lowest BCUT2D eigenvalue weighted by atomic mass is 10.1. The van der Waals surface area contributed by atoms with Crippen LogP contribution in [0.2, 0.25) is 0 Å². The fourth-order valence-corrected chi connectivity index (χ4v) is 3.29. The highest BCUT2D eigenvalue weighted by molar-refractivity contribution is 7.89. The first-order valence-electron chi connectivity index (χ1n) is 6.95. The number of nitrogens with two attached hydrogens (primary N) is 1. The van der Waals surface area contributed by atoms with E-state index in [0.717, 1.165) is 18.2 Å². The largest absolute Gasteiger partial charge is 0.329 e. The first kappa shape index (κ1) is 18.5. The minimum absolute atomic E-state index is 0.125. The van der Waals surface area contributed by atoms with Gasteiger partial charge in [-0.3, -0.25) is 4.79 Å². The van der Waals surface area contributed by atoms with Crippen molar-refractivity contribution in [2.45, 2.75) is 38.1 Å². The minimum atomic E-state index is -3.84. The second kappa shape index (κ2) is 7.66. The highest BCUT2D eigenvalue weighted by Gasteiger charge is 2.21. The average molecular weight is 331 g/mol. The van der Waals surface area contributed by atoms with Crippen molar-refractivity contribution < 1.29 is 17.6 Å². The van der Waals surface area contributed by atoms with E-state index in [2.05, 4.69) is 10.0 Å². The van der Waals surface area contributed by atoms with Gasteiger partial charge < -0.3 is 11.1 Å². The molecule has 1 amide bonds. The van der Waals surface area contributed by atoms with Gasteiger partial charge in [0.1, 0.15) is 5.82 Å². The Balaban J connectivity index is 3.04. The number of benzene rings is 1. The third-order valence-corrected chi connectivity index (χ3v) is 4.44. The van der Waals surface area contributed by atoms with Gasteiger partial charge in [0.05, 0.1) is 10.6 Å². The number of carbonyl (C=O) groups is 1. The maximum absolute atomic E-state index is 13.6. The molecule has 0 aliphatic carbocycles. The van der Waals surface area contributed by atoms with Crippen LogP contribution in [0.1, 0.15) is 27.2 Å². The van der Waals surface area contributed by atoms with E-state index in [4.69, 9.17) is 5.73 Å². The standard InChI is InChI=1S/C14H22FN3O3S/c1-9(2)6-11(8-16)18-22(20,21)12-4-5-13(15)14(7-12)17-10(3)19/h4-5,7,9,11,18H,6,8,16H2,1-3H3,(H,17,19). The Hall–Kier alpha value is -1.51. The number of hydrogen-bond donors (Lipinski definition) is 3. The normalized spacial score (nSPS) is 13.2. The first-order valence-corrected chi connectivity index (χ1v) is 8.43. The average Bonchev–Trinajstić information content (AvgIpc) is 2.39. The highest BCUT2D eigenvalue weighted by atomic mass is 32.2. The number of carbonyl (C=O) groups excluding carboxylic acids is 1. The molecule has 0 radical (unpaired) electrons. The van der Waals surface area contributed by atoms with Crippen LogP contribution in [0.25, 0.3) is 0 Å². The topological polar surface area (TPSA) is 101 Å². The second-order valence-corrected chi connectivity index (χ2v) is 7.22. The second-order valence-electron chi connectivity index (χ2n) is 5.51. The van der Waals surface area contributed by atoms with Crippen molar-refractivity contribution in [1.29, 1.82) is 0 Å². The Morgan fingerprint density at radius 1 is 1.36 bits per heavy atom. The maximum Gasteiger partial charge on any atom is 0.240 e. The number of hydrogen-bond acceptors (Lipinski definition) is 4. The van der Waals surface area contributed by atoms with Crippen molar-refractivity contribution in [1.82, 2.24) is 4.72 Å². The summed E-state index contributed by atoms with van der Waals surface area (Å²) in [6.45, 7) is 5.30. The molecule has 124 valence electrons. The summed E-state index contributed by atoms with van der Waals surface area (Å²) in [6, 6.07) is 2.83. The van der Waals surface area contributed by atoms with E-state index in [1.165, 1.54) is 6.92 Å². The van der Waals surface area contributed by atoms with Gasteiger partial charge in [-0.1, -0.05) is 13.8 Å². The molecule has 0 aromatic heterocycles. The molecule has 0 spiro atoms. The van der Waals surface area contributed by atoms with E-state index in [-0.39, 0.29) is 23.0 Å². The van der Waals surface area contributed by atoms with Gasteiger partial charge in [0.15, 0.2) is 0 Å². The predicted octanol–water partition coefficient (Wildman–Crippen LogP) is 1.44. The van der Waals surface area contributed by atoms with E-state index in [1.54, 1.807) is 0 Å². The Labute approximate surface area is 130 Å². The molecule has 22 heavy (non-hydrogen) atoms. The zero-order valence-electron chi connectivity index (χ0n) is 12.9. The lowest BCUT2D eigenvalue weighted by Gasteiger charge is -2.19. The molecule has 0 aliphatic rings. The van der Waals surface area contributed by atoms with Crippen molar-refractivity contribution in [3.8, 4) is 0 Å². The summed E-state index contributed by atoms with van der Waals surface area (Å²) < 4.78 is 40.7. The van der Waals surface area contributed by atoms with E-state index in [0.29, 0.717) is 6.42 Å². The van der Waals surface area contributed by atoms with E-state index < -0.39 is 27.8 Å². The summed E-state index contributed by atoms with van der Waals surface area (Å²) >= 11 is 0. The number of rotatable bonds is 7. The van der Waals surface area contributed by atoms with Crippen LogP contribution in [0.15, 0.2) is 23.1 Å². The summed E-state index contributed by atoms with van der Waals surface area (Å²) in [6.07, 6.45) is 0.593. The van der Waals surface area contributed by atoms with Crippen LogP contribution in [0.5, 0.6) is 0 Å². The lowest BCUT2D eigenvalue weighted by molar-refractivity contribution is -0.114. The molecule has 0 bridgehead atoms. The molecule has 0 aliphatic heterocycles. The maximum atomic E-state index is 13.6. The molecule has 4 N–H and O–H groups in total. The monoisotopic (exact) mass is 331 g/mol. The number of nitrogens with one attached hydrogen (secondary N) is 2. The number of sulfonamides is 1. The predicted molar refractivity (Wildman–Crippen MR) is 83.3 cm³/mol. The van der Waals surface area contributed by atoms with Crippen molar-refractivity contribution in [3.63, 3.8) is 0 Å². The molecular formula is C14H22FN3O3S. The van der Waals surface area contributed by atoms with Gasteiger partial charge in [-0.2, -0.15) is 0 Å². The molecule has 0 saturated carbocycles.